The van der Waals surface area contributed by atoms with E-state index in [1.165, 1.54) is 0 Å². The molecule has 2 heterocycles. The number of methoxy groups -OCH3 is 2. The summed E-state index contributed by atoms with van der Waals surface area (Å²) >= 11 is 0. The summed E-state index contributed by atoms with van der Waals surface area (Å²) in [6.45, 7) is 6.48. The number of para-hydroxylation sites is 2. The number of carbonyl (C=O) groups is 1. The standard InChI is InChI=1S/C24H31N3O4/c1-29-20-9-7-19(8-10-20)24(28)27-15-16-31-21(18-27)17-25-11-13-26(14-12-25)22-5-3-4-6-23(22)30-2/h3-10,21H,11-18H2,1-2H3. The van der Waals surface area contributed by atoms with Gasteiger partial charge >= 0.3 is 0 Å². The first-order valence-corrected chi connectivity index (χ1v) is 10.8. The van der Waals surface area contributed by atoms with Crippen molar-refractivity contribution in [3.8, 4) is 11.5 Å². The molecule has 0 radical (unpaired) electrons. The van der Waals surface area contributed by atoms with Gasteiger partial charge in [0, 0.05) is 51.4 Å². The third-order valence-electron chi connectivity index (χ3n) is 6.02. The van der Waals surface area contributed by atoms with Crippen LogP contribution in [0.3, 0.4) is 0 Å². The fourth-order valence-corrected chi connectivity index (χ4v) is 4.28. The number of hydrogen-bond donors (Lipinski definition) is 0. The smallest absolute Gasteiger partial charge is 0.254 e. The first-order chi connectivity index (χ1) is 15.2. The number of carbonyl (C=O) groups excluding carboxylic acids is 1. The average Bonchev–Trinajstić information content (AvgIpc) is 2.84. The third-order valence-corrected chi connectivity index (χ3v) is 6.02. The molecular weight excluding hydrogens is 394 g/mol. The number of rotatable bonds is 6. The molecule has 1 amide bonds. The highest BCUT2D eigenvalue weighted by Crippen LogP contribution is 2.28. The molecule has 2 aliphatic rings. The first kappa shape index (κ1) is 21.5. The Kier molecular flexibility index (Phi) is 6.94. The van der Waals surface area contributed by atoms with Crippen LogP contribution in [0, 0.1) is 0 Å². The quantitative estimate of drug-likeness (QED) is 0.708. The zero-order chi connectivity index (χ0) is 21.6. The van der Waals surface area contributed by atoms with Gasteiger partial charge in [0.1, 0.15) is 11.5 Å². The van der Waals surface area contributed by atoms with Crippen molar-refractivity contribution in [2.75, 3.05) is 71.5 Å². The predicted molar refractivity (Wildman–Crippen MR) is 120 cm³/mol. The highest BCUT2D eigenvalue weighted by atomic mass is 16.5. The Morgan fingerprint density at radius 2 is 1.71 bits per heavy atom. The normalized spacial score (nSPS) is 19.9. The van der Waals surface area contributed by atoms with Crippen LogP contribution >= 0.6 is 0 Å². The topological polar surface area (TPSA) is 54.5 Å². The summed E-state index contributed by atoms with van der Waals surface area (Å²) in [4.78, 5) is 19.6. The maximum atomic E-state index is 12.9. The molecule has 2 aromatic carbocycles. The van der Waals surface area contributed by atoms with Crippen LogP contribution in [0.2, 0.25) is 0 Å². The van der Waals surface area contributed by atoms with E-state index in [9.17, 15) is 4.79 Å². The van der Waals surface area contributed by atoms with Gasteiger partial charge in [-0.3, -0.25) is 9.69 Å². The Hall–Kier alpha value is -2.77. The fourth-order valence-electron chi connectivity index (χ4n) is 4.28. The summed E-state index contributed by atoms with van der Waals surface area (Å²) in [6.07, 6.45) is 0.0359. The zero-order valence-electron chi connectivity index (χ0n) is 18.3. The second-order valence-corrected chi connectivity index (χ2v) is 7.93. The van der Waals surface area contributed by atoms with Crippen molar-refractivity contribution < 1.29 is 19.0 Å². The monoisotopic (exact) mass is 425 g/mol. The number of benzene rings is 2. The Labute approximate surface area is 184 Å². The summed E-state index contributed by atoms with van der Waals surface area (Å²) in [5.41, 5.74) is 1.83. The molecule has 31 heavy (non-hydrogen) atoms. The third kappa shape index (κ3) is 5.11. The summed E-state index contributed by atoms with van der Waals surface area (Å²) in [6, 6.07) is 15.5. The highest BCUT2D eigenvalue weighted by Gasteiger charge is 2.28. The number of ether oxygens (including phenoxy) is 3. The van der Waals surface area contributed by atoms with Gasteiger partial charge in [0.2, 0.25) is 0 Å². The van der Waals surface area contributed by atoms with E-state index < -0.39 is 0 Å². The van der Waals surface area contributed by atoms with E-state index in [2.05, 4.69) is 21.9 Å². The van der Waals surface area contributed by atoms with Gasteiger partial charge in [-0.25, -0.2) is 0 Å². The van der Waals surface area contributed by atoms with Crippen LogP contribution in [0.5, 0.6) is 11.5 Å². The first-order valence-electron chi connectivity index (χ1n) is 10.8. The molecule has 0 spiro atoms. The van der Waals surface area contributed by atoms with Gasteiger partial charge < -0.3 is 24.0 Å². The lowest BCUT2D eigenvalue weighted by Crippen LogP contribution is -2.53. The molecule has 1 atom stereocenters. The molecule has 2 aromatic rings. The molecule has 0 N–H and O–H groups in total. The summed E-state index contributed by atoms with van der Waals surface area (Å²) in [5, 5.41) is 0. The van der Waals surface area contributed by atoms with E-state index in [1.54, 1.807) is 14.2 Å². The zero-order valence-corrected chi connectivity index (χ0v) is 18.3. The largest absolute Gasteiger partial charge is 0.497 e. The maximum absolute atomic E-state index is 12.9. The van der Waals surface area contributed by atoms with Crippen molar-refractivity contribution in [2.45, 2.75) is 6.10 Å². The van der Waals surface area contributed by atoms with Gasteiger partial charge in [-0.15, -0.1) is 0 Å². The van der Waals surface area contributed by atoms with Crippen molar-refractivity contribution in [1.29, 1.82) is 0 Å². The van der Waals surface area contributed by atoms with Crippen LogP contribution in [0.25, 0.3) is 0 Å². The average molecular weight is 426 g/mol. The van der Waals surface area contributed by atoms with Crippen molar-refractivity contribution in [2.24, 2.45) is 0 Å². The van der Waals surface area contributed by atoms with Crippen LogP contribution in [-0.2, 0) is 4.74 Å². The van der Waals surface area contributed by atoms with Crippen molar-refractivity contribution in [1.82, 2.24) is 9.80 Å². The number of nitrogens with zero attached hydrogens (tertiary/aromatic N) is 3. The maximum Gasteiger partial charge on any atom is 0.254 e. The predicted octanol–water partition coefficient (Wildman–Crippen LogP) is 2.37. The molecule has 7 heteroatoms. The van der Waals surface area contributed by atoms with Crippen LogP contribution < -0.4 is 14.4 Å². The number of piperazine rings is 1. The van der Waals surface area contributed by atoms with Gasteiger partial charge in [0.05, 0.1) is 32.6 Å². The van der Waals surface area contributed by atoms with Crippen LogP contribution in [0.4, 0.5) is 5.69 Å². The van der Waals surface area contributed by atoms with E-state index in [0.29, 0.717) is 25.3 Å². The molecule has 2 fully saturated rings. The van der Waals surface area contributed by atoms with Gasteiger partial charge in [0.25, 0.3) is 5.91 Å². The van der Waals surface area contributed by atoms with Gasteiger partial charge in [-0.1, -0.05) is 12.1 Å². The van der Waals surface area contributed by atoms with E-state index >= 15 is 0 Å². The minimum Gasteiger partial charge on any atom is -0.497 e. The van der Waals surface area contributed by atoms with Gasteiger partial charge in [0.15, 0.2) is 0 Å². The molecule has 0 aliphatic carbocycles. The molecule has 1 unspecified atom stereocenters. The molecule has 2 aliphatic heterocycles. The Morgan fingerprint density at radius 3 is 2.42 bits per heavy atom. The van der Waals surface area contributed by atoms with Crippen LogP contribution in [0.1, 0.15) is 10.4 Å². The van der Waals surface area contributed by atoms with Crippen molar-refractivity contribution in [3.63, 3.8) is 0 Å². The Morgan fingerprint density at radius 1 is 0.968 bits per heavy atom. The summed E-state index contributed by atoms with van der Waals surface area (Å²) < 4.78 is 16.7. The molecule has 0 bridgehead atoms. The molecule has 7 nitrogen and oxygen atoms in total. The van der Waals surface area contributed by atoms with Crippen molar-refractivity contribution >= 4 is 11.6 Å². The number of anilines is 1. The second kappa shape index (κ2) is 10.0. The minimum atomic E-state index is 0.0359. The summed E-state index contributed by atoms with van der Waals surface area (Å²) in [5.74, 6) is 1.72. The highest BCUT2D eigenvalue weighted by molar-refractivity contribution is 5.94. The number of hydrogen-bond acceptors (Lipinski definition) is 6. The lowest BCUT2D eigenvalue weighted by molar-refractivity contribution is -0.0363. The van der Waals surface area contributed by atoms with Crippen LogP contribution in [0.15, 0.2) is 48.5 Å². The number of morpholine rings is 1. The van der Waals surface area contributed by atoms with E-state index in [0.717, 1.165) is 49.9 Å². The van der Waals surface area contributed by atoms with Gasteiger partial charge in [-0.05, 0) is 36.4 Å². The van der Waals surface area contributed by atoms with Crippen LogP contribution in [-0.4, -0.2) is 88.5 Å². The van der Waals surface area contributed by atoms with Gasteiger partial charge in [-0.2, -0.15) is 0 Å². The molecule has 2 saturated heterocycles. The molecule has 0 saturated carbocycles. The Balaban J connectivity index is 1.29. The summed E-state index contributed by atoms with van der Waals surface area (Å²) in [7, 11) is 3.34. The second-order valence-electron chi connectivity index (χ2n) is 7.93. The number of amides is 1. The Bertz CT molecular complexity index is 865. The van der Waals surface area contributed by atoms with Crippen molar-refractivity contribution in [3.05, 3.63) is 54.1 Å². The van der Waals surface area contributed by atoms with E-state index in [4.69, 9.17) is 14.2 Å². The van der Waals surface area contributed by atoms with E-state index in [-0.39, 0.29) is 12.0 Å². The fraction of sp³-hybridized carbons (Fsp3) is 0.458. The molecule has 4 rings (SSSR count). The molecular formula is C24H31N3O4. The molecule has 166 valence electrons. The minimum absolute atomic E-state index is 0.0359. The lowest BCUT2D eigenvalue weighted by Gasteiger charge is -2.40. The van der Waals surface area contributed by atoms with E-state index in [1.807, 2.05) is 41.3 Å². The lowest BCUT2D eigenvalue weighted by atomic mass is 10.1. The SMILES string of the molecule is COc1ccc(C(=O)N2CCOC(CN3CCN(c4ccccc4OC)CC3)C2)cc1. The molecule has 0 aromatic heterocycles.